The predicted octanol–water partition coefficient (Wildman–Crippen LogP) is 2.85. The molecule has 1 fully saturated rings. The van der Waals surface area contributed by atoms with Crippen LogP contribution in [0.1, 0.15) is 40.3 Å². The molecule has 0 bridgehead atoms. The highest BCUT2D eigenvalue weighted by Crippen LogP contribution is 2.24. The molecule has 1 aliphatic rings. The summed E-state index contributed by atoms with van der Waals surface area (Å²) in [5, 5.41) is 3.50. The summed E-state index contributed by atoms with van der Waals surface area (Å²) in [6, 6.07) is 13.2. The molecule has 0 radical (unpaired) electrons. The number of amides is 1. The van der Waals surface area contributed by atoms with Gasteiger partial charge in [0.1, 0.15) is 5.69 Å². The molecule has 5 nitrogen and oxygen atoms in total. The molecule has 0 saturated carbocycles. The number of aromatic amines is 1. The first-order valence-corrected chi connectivity index (χ1v) is 9.01. The van der Waals surface area contributed by atoms with Gasteiger partial charge in [0, 0.05) is 52.0 Å². The third kappa shape index (κ3) is 4.67. The number of rotatable bonds is 5. The number of piperazine rings is 1. The number of hydrogen-bond donors (Lipinski definition) is 2. The maximum atomic E-state index is 12.1. The topological polar surface area (TPSA) is 51.4 Å². The van der Waals surface area contributed by atoms with Crippen molar-refractivity contribution in [3.63, 3.8) is 0 Å². The smallest absolute Gasteiger partial charge is 0.269 e. The molecule has 2 N–H and O–H groups in total. The van der Waals surface area contributed by atoms with Crippen LogP contribution in [-0.4, -0.2) is 54.4 Å². The van der Waals surface area contributed by atoms with Gasteiger partial charge in [-0.05, 0) is 29.7 Å². The van der Waals surface area contributed by atoms with Crippen molar-refractivity contribution in [2.24, 2.45) is 0 Å². The molecule has 1 amide bonds. The minimum atomic E-state index is 0. The molecule has 2 aromatic rings. The minimum absolute atomic E-state index is 0. The van der Waals surface area contributed by atoms with Crippen LogP contribution in [0.4, 0.5) is 0 Å². The quantitative estimate of drug-likeness (QED) is 0.843. The normalized spacial score (nSPS) is 17.6. The Morgan fingerprint density at radius 3 is 2.58 bits per heavy atom. The first kappa shape index (κ1) is 20.5. The van der Waals surface area contributed by atoms with E-state index >= 15 is 0 Å². The van der Waals surface area contributed by atoms with Gasteiger partial charge in [-0.1, -0.05) is 31.2 Å². The number of hydrogen-bond acceptors (Lipinski definition) is 3. The molecule has 0 spiro atoms. The zero-order valence-electron chi connectivity index (χ0n) is 15.8. The Morgan fingerprint density at radius 1 is 1.19 bits per heavy atom. The molecule has 26 heavy (non-hydrogen) atoms. The number of benzene rings is 1. The van der Waals surface area contributed by atoms with Gasteiger partial charge in [-0.2, -0.15) is 0 Å². The lowest BCUT2D eigenvalue weighted by atomic mass is 10.0. The van der Waals surface area contributed by atoms with Gasteiger partial charge >= 0.3 is 0 Å². The maximum Gasteiger partial charge on any atom is 0.269 e. The standard InChI is InChI=1S/C20H28N4O.ClH/c1-4-15-5-7-16(8-6-15)19-13-21-11-12-24(19)14-17-9-10-18(22-17)20(25)23(2)3;/h5-10,19,21-22H,4,11-14H2,1-3H3;1H. The van der Waals surface area contributed by atoms with E-state index < -0.39 is 0 Å². The van der Waals surface area contributed by atoms with Crippen LogP contribution >= 0.6 is 12.4 Å². The Bertz CT molecular complexity index is 711. The van der Waals surface area contributed by atoms with E-state index in [2.05, 4.69) is 46.4 Å². The molecule has 1 atom stereocenters. The Hall–Kier alpha value is -1.82. The number of nitrogens with zero attached hydrogens (tertiary/aromatic N) is 2. The minimum Gasteiger partial charge on any atom is -0.353 e. The molecule has 3 rings (SSSR count). The van der Waals surface area contributed by atoms with Gasteiger partial charge in [0.05, 0.1) is 0 Å². The molecular formula is C20H29ClN4O. The maximum absolute atomic E-state index is 12.1. The summed E-state index contributed by atoms with van der Waals surface area (Å²) in [5.41, 5.74) is 4.46. The molecule has 1 aromatic heterocycles. The second kappa shape index (κ2) is 9.21. The van der Waals surface area contributed by atoms with Crippen molar-refractivity contribution in [2.45, 2.75) is 25.9 Å². The van der Waals surface area contributed by atoms with E-state index in [0.29, 0.717) is 11.7 Å². The van der Waals surface area contributed by atoms with Crippen molar-refractivity contribution in [2.75, 3.05) is 33.7 Å². The van der Waals surface area contributed by atoms with Crippen LogP contribution in [0.2, 0.25) is 0 Å². The van der Waals surface area contributed by atoms with E-state index in [-0.39, 0.29) is 18.3 Å². The lowest BCUT2D eigenvalue weighted by molar-refractivity contribution is 0.0822. The Balaban J connectivity index is 0.00000243. The van der Waals surface area contributed by atoms with E-state index in [1.165, 1.54) is 11.1 Å². The van der Waals surface area contributed by atoms with Crippen LogP contribution in [-0.2, 0) is 13.0 Å². The Morgan fingerprint density at radius 2 is 1.92 bits per heavy atom. The van der Waals surface area contributed by atoms with E-state index in [0.717, 1.165) is 38.3 Å². The van der Waals surface area contributed by atoms with Gasteiger partial charge in [-0.25, -0.2) is 0 Å². The molecule has 1 saturated heterocycles. The van der Waals surface area contributed by atoms with E-state index in [1.807, 2.05) is 12.1 Å². The number of halogens is 1. The van der Waals surface area contributed by atoms with Crippen LogP contribution in [0, 0.1) is 0 Å². The summed E-state index contributed by atoms with van der Waals surface area (Å²) in [6.45, 7) is 5.95. The van der Waals surface area contributed by atoms with Crippen molar-refractivity contribution >= 4 is 18.3 Å². The van der Waals surface area contributed by atoms with Gasteiger partial charge in [-0.15, -0.1) is 12.4 Å². The van der Waals surface area contributed by atoms with Gasteiger partial charge in [0.25, 0.3) is 5.91 Å². The van der Waals surface area contributed by atoms with E-state index in [4.69, 9.17) is 0 Å². The molecule has 1 unspecified atom stereocenters. The second-order valence-electron chi connectivity index (χ2n) is 6.88. The third-order valence-electron chi connectivity index (χ3n) is 4.88. The zero-order chi connectivity index (χ0) is 17.8. The fraction of sp³-hybridized carbons (Fsp3) is 0.450. The molecule has 1 aromatic carbocycles. The number of carbonyl (C=O) groups is 1. The average molecular weight is 377 g/mol. The third-order valence-corrected chi connectivity index (χ3v) is 4.88. The van der Waals surface area contributed by atoms with Crippen molar-refractivity contribution in [3.05, 3.63) is 58.9 Å². The molecule has 6 heteroatoms. The highest BCUT2D eigenvalue weighted by molar-refractivity contribution is 5.92. The Labute approximate surface area is 162 Å². The van der Waals surface area contributed by atoms with Crippen molar-refractivity contribution in [1.82, 2.24) is 20.1 Å². The zero-order valence-corrected chi connectivity index (χ0v) is 16.6. The molecule has 2 heterocycles. The summed E-state index contributed by atoms with van der Waals surface area (Å²) >= 11 is 0. The summed E-state index contributed by atoms with van der Waals surface area (Å²) in [6.07, 6.45) is 1.07. The summed E-state index contributed by atoms with van der Waals surface area (Å²) in [4.78, 5) is 19.4. The van der Waals surface area contributed by atoms with E-state index in [9.17, 15) is 4.79 Å². The number of nitrogens with one attached hydrogen (secondary N) is 2. The fourth-order valence-corrected chi connectivity index (χ4v) is 3.36. The first-order chi connectivity index (χ1) is 12.1. The molecular weight excluding hydrogens is 348 g/mol. The van der Waals surface area contributed by atoms with Crippen molar-refractivity contribution < 1.29 is 4.79 Å². The van der Waals surface area contributed by atoms with Gasteiger partial charge in [0.2, 0.25) is 0 Å². The summed E-state index contributed by atoms with van der Waals surface area (Å²) in [5.74, 6) is 0.0123. The monoisotopic (exact) mass is 376 g/mol. The van der Waals surface area contributed by atoms with Gasteiger partial charge < -0.3 is 15.2 Å². The molecule has 0 aliphatic carbocycles. The number of aromatic nitrogens is 1. The summed E-state index contributed by atoms with van der Waals surface area (Å²) in [7, 11) is 3.55. The van der Waals surface area contributed by atoms with Gasteiger partial charge in [-0.3, -0.25) is 9.69 Å². The highest BCUT2D eigenvalue weighted by Gasteiger charge is 2.24. The first-order valence-electron chi connectivity index (χ1n) is 9.01. The fourth-order valence-electron chi connectivity index (χ4n) is 3.36. The largest absolute Gasteiger partial charge is 0.353 e. The van der Waals surface area contributed by atoms with Crippen LogP contribution in [0.25, 0.3) is 0 Å². The van der Waals surface area contributed by atoms with Crippen molar-refractivity contribution in [1.29, 1.82) is 0 Å². The average Bonchev–Trinajstić information content (AvgIpc) is 3.10. The van der Waals surface area contributed by atoms with Crippen LogP contribution < -0.4 is 5.32 Å². The Kier molecular flexibility index (Phi) is 7.26. The SMILES string of the molecule is CCc1ccc(C2CNCCN2Cc2ccc(C(=O)N(C)C)[nH]2)cc1.Cl. The number of aryl methyl sites for hydroxylation is 1. The van der Waals surface area contributed by atoms with Gasteiger partial charge in [0.15, 0.2) is 0 Å². The van der Waals surface area contributed by atoms with Crippen molar-refractivity contribution in [3.8, 4) is 0 Å². The lowest BCUT2D eigenvalue weighted by Crippen LogP contribution is -2.45. The summed E-state index contributed by atoms with van der Waals surface area (Å²) < 4.78 is 0. The second-order valence-corrected chi connectivity index (χ2v) is 6.88. The van der Waals surface area contributed by atoms with Crippen LogP contribution in [0.15, 0.2) is 36.4 Å². The van der Waals surface area contributed by atoms with Crippen LogP contribution in [0.5, 0.6) is 0 Å². The number of H-pyrrole nitrogens is 1. The van der Waals surface area contributed by atoms with Crippen LogP contribution in [0.3, 0.4) is 0 Å². The molecule has 142 valence electrons. The lowest BCUT2D eigenvalue weighted by Gasteiger charge is -2.36. The molecule has 1 aliphatic heterocycles. The van der Waals surface area contributed by atoms with E-state index in [1.54, 1.807) is 19.0 Å². The predicted molar refractivity (Wildman–Crippen MR) is 108 cm³/mol. The number of carbonyl (C=O) groups excluding carboxylic acids is 1. The highest BCUT2D eigenvalue weighted by atomic mass is 35.5.